The number of carbonyl (C=O) groups excluding carboxylic acids is 1. The number of halogens is 2. The number of nitrogens with zero attached hydrogens (tertiary/aromatic N) is 2. The van der Waals surface area contributed by atoms with Crippen molar-refractivity contribution in [1.82, 2.24) is 15.3 Å². The van der Waals surface area contributed by atoms with Crippen LogP contribution in [0.2, 0.25) is 5.15 Å². The van der Waals surface area contributed by atoms with Crippen LogP contribution in [0, 0.1) is 0 Å². The third-order valence-corrected chi connectivity index (χ3v) is 3.74. The minimum Gasteiger partial charge on any atom is -0.493 e. The molecule has 108 valence electrons. The van der Waals surface area contributed by atoms with E-state index < -0.39 is 0 Å². The van der Waals surface area contributed by atoms with Gasteiger partial charge >= 0.3 is 0 Å². The van der Waals surface area contributed by atoms with Gasteiger partial charge in [0.1, 0.15) is 16.6 Å². The first-order chi connectivity index (χ1) is 10.1. The molecular formula is C14H11BrClN3O2. The first-order valence-corrected chi connectivity index (χ1v) is 7.50. The number of nitrogens with one attached hydrogen (secondary N) is 1. The van der Waals surface area contributed by atoms with E-state index in [1.54, 1.807) is 0 Å². The lowest BCUT2D eigenvalue weighted by Crippen LogP contribution is -2.24. The second-order valence-corrected chi connectivity index (χ2v) is 5.86. The lowest BCUT2D eigenvalue weighted by Gasteiger charge is -2.10. The van der Waals surface area contributed by atoms with E-state index >= 15 is 0 Å². The van der Waals surface area contributed by atoms with Crippen LogP contribution in [0.15, 0.2) is 29.0 Å². The number of aromatic nitrogens is 2. The second-order valence-electron chi connectivity index (χ2n) is 4.56. The Bertz CT molecular complexity index is 709. The Balaban J connectivity index is 1.75. The molecule has 1 amide bonds. The molecule has 21 heavy (non-hydrogen) atoms. The molecule has 0 saturated carbocycles. The summed E-state index contributed by atoms with van der Waals surface area (Å²) in [6.07, 6.45) is 3.64. The van der Waals surface area contributed by atoms with Crippen LogP contribution in [0.25, 0.3) is 0 Å². The molecule has 1 aliphatic rings. The molecule has 1 aliphatic heterocycles. The summed E-state index contributed by atoms with van der Waals surface area (Å²) >= 11 is 9.19. The predicted molar refractivity (Wildman–Crippen MR) is 81.6 cm³/mol. The smallest absolute Gasteiger partial charge is 0.271 e. The van der Waals surface area contributed by atoms with Crippen molar-refractivity contribution in [2.75, 3.05) is 6.61 Å². The van der Waals surface area contributed by atoms with E-state index in [4.69, 9.17) is 16.3 Å². The Morgan fingerprint density at radius 2 is 2.29 bits per heavy atom. The Kier molecular flexibility index (Phi) is 4.07. The van der Waals surface area contributed by atoms with E-state index in [0.717, 1.165) is 27.8 Å². The molecule has 0 bridgehead atoms. The Hall–Kier alpha value is -1.66. The number of hydrogen-bond acceptors (Lipinski definition) is 4. The molecule has 0 spiro atoms. The molecule has 2 aromatic rings. The number of benzene rings is 1. The van der Waals surface area contributed by atoms with Gasteiger partial charge in [-0.05, 0) is 17.7 Å². The van der Waals surface area contributed by atoms with E-state index in [0.29, 0.717) is 13.2 Å². The quantitative estimate of drug-likeness (QED) is 0.905. The summed E-state index contributed by atoms with van der Waals surface area (Å²) in [5.41, 5.74) is 2.27. The minimum absolute atomic E-state index is 0.189. The van der Waals surface area contributed by atoms with Gasteiger partial charge in [0.05, 0.1) is 19.0 Å². The van der Waals surface area contributed by atoms with Crippen molar-refractivity contribution in [2.24, 2.45) is 0 Å². The van der Waals surface area contributed by atoms with Gasteiger partial charge in [-0.25, -0.2) is 4.98 Å². The molecule has 0 atom stereocenters. The largest absolute Gasteiger partial charge is 0.493 e. The second kappa shape index (κ2) is 5.99. The van der Waals surface area contributed by atoms with Gasteiger partial charge in [0, 0.05) is 23.0 Å². The van der Waals surface area contributed by atoms with Crippen LogP contribution in [0.1, 0.15) is 21.6 Å². The number of amides is 1. The maximum Gasteiger partial charge on any atom is 0.271 e. The first kappa shape index (κ1) is 14.3. The molecule has 0 aliphatic carbocycles. The summed E-state index contributed by atoms with van der Waals surface area (Å²) in [7, 11) is 0. The van der Waals surface area contributed by atoms with Crippen LogP contribution in [-0.2, 0) is 13.0 Å². The van der Waals surface area contributed by atoms with E-state index in [1.165, 1.54) is 12.4 Å². The highest BCUT2D eigenvalue weighted by atomic mass is 79.9. The van der Waals surface area contributed by atoms with Crippen molar-refractivity contribution in [3.05, 3.63) is 51.0 Å². The zero-order valence-electron chi connectivity index (χ0n) is 10.9. The van der Waals surface area contributed by atoms with Gasteiger partial charge in [-0.15, -0.1) is 0 Å². The molecule has 0 fully saturated rings. The van der Waals surface area contributed by atoms with Gasteiger partial charge in [-0.3, -0.25) is 9.78 Å². The van der Waals surface area contributed by atoms with Crippen LogP contribution in [0.5, 0.6) is 5.75 Å². The topological polar surface area (TPSA) is 64.1 Å². The lowest BCUT2D eigenvalue weighted by molar-refractivity contribution is 0.0945. The van der Waals surface area contributed by atoms with Crippen LogP contribution in [-0.4, -0.2) is 22.5 Å². The highest BCUT2D eigenvalue weighted by Crippen LogP contribution is 2.32. The fourth-order valence-corrected chi connectivity index (χ4v) is 2.90. The monoisotopic (exact) mass is 367 g/mol. The molecule has 0 radical (unpaired) electrons. The summed E-state index contributed by atoms with van der Waals surface area (Å²) in [5, 5.41) is 2.99. The highest BCUT2D eigenvalue weighted by molar-refractivity contribution is 9.10. The SMILES string of the molecule is O=C(NCc1cc(Br)cc2c1OCC2)c1cncc(Cl)n1. The zero-order chi connectivity index (χ0) is 14.8. The van der Waals surface area contributed by atoms with Gasteiger partial charge in [-0.2, -0.15) is 0 Å². The van der Waals surface area contributed by atoms with E-state index in [2.05, 4.69) is 31.2 Å². The van der Waals surface area contributed by atoms with Crippen molar-refractivity contribution < 1.29 is 9.53 Å². The molecule has 3 rings (SSSR count). The van der Waals surface area contributed by atoms with Crippen LogP contribution in [0.3, 0.4) is 0 Å². The number of ether oxygens (including phenoxy) is 1. The molecule has 0 unspecified atom stereocenters. The average molecular weight is 369 g/mol. The third-order valence-electron chi connectivity index (χ3n) is 3.10. The number of carbonyl (C=O) groups is 1. The summed E-state index contributed by atoms with van der Waals surface area (Å²) in [6, 6.07) is 3.98. The maximum absolute atomic E-state index is 12.0. The van der Waals surface area contributed by atoms with E-state index in [-0.39, 0.29) is 16.8 Å². The molecule has 1 N–H and O–H groups in total. The Morgan fingerprint density at radius 3 is 3.10 bits per heavy atom. The number of hydrogen-bond donors (Lipinski definition) is 1. The zero-order valence-corrected chi connectivity index (χ0v) is 13.2. The first-order valence-electron chi connectivity index (χ1n) is 6.33. The molecule has 7 heteroatoms. The molecule has 1 aromatic heterocycles. The number of rotatable bonds is 3. The Morgan fingerprint density at radius 1 is 1.43 bits per heavy atom. The van der Waals surface area contributed by atoms with Crippen LogP contribution < -0.4 is 10.1 Å². The normalized spacial score (nSPS) is 12.7. The summed E-state index contributed by atoms with van der Waals surface area (Å²) in [6.45, 7) is 1.03. The van der Waals surface area contributed by atoms with Crippen molar-refractivity contribution in [2.45, 2.75) is 13.0 Å². The fraction of sp³-hybridized carbons (Fsp3) is 0.214. The van der Waals surface area contributed by atoms with Crippen LogP contribution >= 0.6 is 27.5 Å². The fourth-order valence-electron chi connectivity index (χ4n) is 2.19. The number of fused-ring (bicyclic) bond motifs is 1. The van der Waals surface area contributed by atoms with E-state index in [9.17, 15) is 4.79 Å². The maximum atomic E-state index is 12.0. The standard InChI is InChI=1S/C14H11BrClN3O2/c15-10-3-8-1-2-21-13(8)9(4-10)5-18-14(20)11-6-17-7-12(16)19-11/h3-4,6-7H,1-2,5H2,(H,18,20). The van der Waals surface area contributed by atoms with E-state index in [1.807, 2.05) is 12.1 Å². The summed E-state index contributed by atoms with van der Waals surface area (Å²) in [4.78, 5) is 19.8. The van der Waals surface area contributed by atoms with Crippen molar-refractivity contribution in [3.8, 4) is 5.75 Å². The summed E-state index contributed by atoms with van der Waals surface area (Å²) in [5.74, 6) is 0.535. The Labute approximate surface area is 134 Å². The van der Waals surface area contributed by atoms with Gasteiger partial charge < -0.3 is 10.1 Å². The molecular weight excluding hydrogens is 358 g/mol. The van der Waals surface area contributed by atoms with Gasteiger partial charge in [-0.1, -0.05) is 27.5 Å². The predicted octanol–water partition coefficient (Wildman–Crippen LogP) is 2.76. The van der Waals surface area contributed by atoms with Crippen molar-refractivity contribution >= 4 is 33.4 Å². The molecule has 0 saturated heterocycles. The molecule has 2 heterocycles. The molecule has 1 aromatic carbocycles. The van der Waals surface area contributed by atoms with Crippen LogP contribution in [0.4, 0.5) is 0 Å². The molecule has 5 nitrogen and oxygen atoms in total. The van der Waals surface area contributed by atoms with Gasteiger partial charge in [0.15, 0.2) is 0 Å². The third kappa shape index (κ3) is 3.16. The van der Waals surface area contributed by atoms with Gasteiger partial charge in [0.25, 0.3) is 5.91 Å². The van der Waals surface area contributed by atoms with Crippen molar-refractivity contribution in [3.63, 3.8) is 0 Å². The highest BCUT2D eigenvalue weighted by Gasteiger charge is 2.18. The summed E-state index contributed by atoms with van der Waals surface area (Å²) < 4.78 is 6.59. The van der Waals surface area contributed by atoms with Crippen molar-refractivity contribution in [1.29, 1.82) is 0 Å². The average Bonchev–Trinajstić information content (AvgIpc) is 2.92. The lowest BCUT2D eigenvalue weighted by atomic mass is 10.1. The minimum atomic E-state index is -0.322. The van der Waals surface area contributed by atoms with Gasteiger partial charge in [0.2, 0.25) is 0 Å².